The fourth-order valence-corrected chi connectivity index (χ4v) is 3.06. The summed E-state index contributed by atoms with van der Waals surface area (Å²) in [7, 11) is -9.67. The predicted molar refractivity (Wildman–Crippen MR) is 55.8 cm³/mol. The van der Waals surface area contributed by atoms with E-state index in [1.807, 2.05) is 6.92 Å². The molecular formula is C8H17K2NO6P2-2. The van der Waals surface area contributed by atoms with Crippen molar-refractivity contribution in [2.45, 2.75) is 32.6 Å². The Morgan fingerprint density at radius 2 is 1.26 bits per heavy atom. The summed E-state index contributed by atoms with van der Waals surface area (Å²) in [5.74, 6) is 0. The van der Waals surface area contributed by atoms with Crippen LogP contribution in [0.4, 0.5) is 0 Å². The van der Waals surface area contributed by atoms with Crippen LogP contribution in [-0.4, -0.2) is 24.0 Å². The number of unbranched alkanes of at least 4 members (excludes halogenated alkanes) is 3. The Bertz CT molecular complexity index is 284. The third-order valence-corrected chi connectivity index (χ3v) is 3.57. The van der Waals surface area contributed by atoms with Crippen LogP contribution in [0.3, 0.4) is 0 Å². The van der Waals surface area contributed by atoms with Gasteiger partial charge in [-0.25, -0.2) is 0 Å². The first-order valence-corrected chi connectivity index (χ1v) is 8.84. The molecule has 0 aliphatic rings. The summed E-state index contributed by atoms with van der Waals surface area (Å²) in [6.07, 6.45) is 1.46. The summed E-state index contributed by atoms with van der Waals surface area (Å²) in [4.78, 5) is 43.1. The molecule has 0 aromatic heterocycles. The van der Waals surface area contributed by atoms with Gasteiger partial charge in [0, 0.05) is 12.6 Å². The zero-order chi connectivity index (χ0) is 13.5. The van der Waals surface area contributed by atoms with E-state index in [-0.39, 0.29) is 109 Å². The smallest absolute Gasteiger partial charge is 0.810 e. The van der Waals surface area contributed by atoms with E-state index in [2.05, 4.69) is 0 Å². The molecule has 0 amide bonds. The van der Waals surface area contributed by atoms with Gasteiger partial charge in [0.2, 0.25) is 0 Å². The van der Waals surface area contributed by atoms with E-state index < -0.39 is 27.8 Å². The first-order chi connectivity index (χ1) is 7.64. The van der Waals surface area contributed by atoms with E-state index in [1.165, 1.54) is 0 Å². The van der Waals surface area contributed by atoms with Gasteiger partial charge in [-0.1, -0.05) is 41.4 Å². The number of rotatable bonds is 9. The molecular weight excluding hydrogens is 346 g/mol. The van der Waals surface area contributed by atoms with Crippen molar-refractivity contribution in [1.29, 1.82) is 0 Å². The van der Waals surface area contributed by atoms with Gasteiger partial charge in [0.25, 0.3) is 0 Å². The van der Waals surface area contributed by atoms with E-state index in [0.717, 1.165) is 24.2 Å². The summed E-state index contributed by atoms with van der Waals surface area (Å²) in [5, 5.41) is 0. The molecule has 0 aliphatic heterocycles. The molecule has 0 unspecified atom stereocenters. The third kappa shape index (κ3) is 21.5. The van der Waals surface area contributed by atoms with Crippen LogP contribution in [0, 0.1) is 0 Å². The normalized spacial score (nSPS) is 11.9. The maximum Gasteiger partial charge on any atom is 1.00 e. The van der Waals surface area contributed by atoms with Crippen molar-refractivity contribution in [3.63, 3.8) is 0 Å². The van der Waals surface area contributed by atoms with E-state index >= 15 is 0 Å². The average molecular weight is 363 g/mol. The van der Waals surface area contributed by atoms with Gasteiger partial charge in [-0.05, 0) is 13.0 Å². The van der Waals surface area contributed by atoms with Gasteiger partial charge in [0.05, 0.1) is 0 Å². The fraction of sp³-hybridized carbons (Fsp3) is 1.00. The average Bonchev–Trinajstić information content (AvgIpc) is 2.06. The van der Waals surface area contributed by atoms with Crippen molar-refractivity contribution in [3.8, 4) is 0 Å². The van der Waals surface area contributed by atoms with Crippen molar-refractivity contribution in [3.05, 3.63) is 0 Å². The number of hydrogen-bond acceptors (Lipinski definition) is 7. The minimum Gasteiger partial charge on any atom is -0.810 e. The molecule has 0 bridgehead atoms. The monoisotopic (exact) mass is 363 g/mol. The maximum absolute atomic E-state index is 10.6. The van der Waals surface area contributed by atoms with Gasteiger partial charge in [-0.3, -0.25) is 4.90 Å². The molecule has 0 saturated heterocycles. The van der Waals surface area contributed by atoms with Crippen molar-refractivity contribution in [2.75, 3.05) is 19.1 Å². The molecule has 0 N–H and O–H groups in total. The topological polar surface area (TPSA) is 130 Å². The van der Waals surface area contributed by atoms with Crippen LogP contribution in [-0.2, 0) is 9.13 Å². The van der Waals surface area contributed by atoms with Gasteiger partial charge in [-0.15, -0.1) is 0 Å². The minimum absolute atomic E-state index is 0. The third-order valence-electron chi connectivity index (χ3n) is 2.07. The first kappa shape index (κ1) is 27.4. The predicted octanol–water partition coefficient (Wildman–Crippen LogP) is -7.38. The molecule has 11 heteroatoms. The van der Waals surface area contributed by atoms with E-state index in [1.54, 1.807) is 0 Å². The van der Waals surface area contributed by atoms with E-state index in [9.17, 15) is 28.7 Å². The summed E-state index contributed by atoms with van der Waals surface area (Å²) in [6, 6.07) is 0. The van der Waals surface area contributed by atoms with Gasteiger partial charge in [-0.2, -0.15) is 0 Å². The Morgan fingerprint density at radius 3 is 1.58 bits per heavy atom. The SMILES string of the molecule is CCCCCCN(CP(=O)([O-])[O-])CP(=O)([O-])[O-].[K+].[K+]. The number of nitrogens with zero attached hydrogens (tertiary/aromatic N) is 1. The Kier molecular flexibility index (Phi) is 20.1. The van der Waals surface area contributed by atoms with Crippen molar-refractivity contribution in [1.82, 2.24) is 4.90 Å². The minimum atomic E-state index is -4.84. The van der Waals surface area contributed by atoms with Gasteiger partial charge < -0.3 is 28.7 Å². The molecule has 19 heavy (non-hydrogen) atoms. The van der Waals surface area contributed by atoms with Crippen molar-refractivity contribution in [2.24, 2.45) is 0 Å². The maximum atomic E-state index is 10.6. The Labute approximate surface area is 199 Å². The summed E-state index contributed by atoms with van der Waals surface area (Å²) in [5.41, 5.74) is 0. The number of hydrogen-bond donors (Lipinski definition) is 0. The molecule has 0 aromatic carbocycles. The molecule has 0 radical (unpaired) electrons. The Hall–Kier alpha value is 3.53. The van der Waals surface area contributed by atoms with Crippen LogP contribution in [0.2, 0.25) is 0 Å². The van der Waals surface area contributed by atoms with E-state index in [0.29, 0.717) is 6.42 Å². The fourth-order valence-electron chi connectivity index (χ4n) is 1.44. The molecule has 0 fully saturated rings. The van der Waals surface area contributed by atoms with Crippen molar-refractivity contribution >= 4 is 15.2 Å². The van der Waals surface area contributed by atoms with Gasteiger partial charge >= 0.3 is 103 Å². The van der Waals surface area contributed by atoms with Crippen molar-refractivity contribution < 1.29 is 131 Å². The van der Waals surface area contributed by atoms with Crippen LogP contribution in [0.5, 0.6) is 0 Å². The molecule has 0 rings (SSSR count). The first-order valence-electron chi connectivity index (χ1n) is 5.38. The second kappa shape index (κ2) is 13.9. The largest absolute Gasteiger partial charge is 1.00 e. The zero-order valence-corrected chi connectivity index (χ0v) is 19.8. The molecule has 0 saturated carbocycles. The summed E-state index contributed by atoms with van der Waals surface area (Å²) < 4.78 is 21.1. The second-order valence-electron chi connectivity index (χ2n) is 3.96. The van der Waals surface area contributed by atoms with Gasteiger partial charge in [0.1, 0.15) is 0 Å². The Balaban J connectivity index is -0.00000128. The van der Waals surface area contributed by atoms with Gasteiger partial charge in [0.15, 0.2) is 0 Å². The molecule has 0 heterocycles. The zero-order valence-electron chi connectivity index (χ0n) is 11.7. The van der Waals surface area contributed by atoms with Crippen LogP contribution in [0.15, 0.2) is 0 Å². The van der Waals surface area contributed by atoms with Crippen LogP contribution in [0.25, 0.3) is 0 Å². The molecule has 0 aliphatic carbocycles. The molecule has 0 spiro atoms. The van der Waals surface area contributed by atoms with Crippen LogP contribution >= 0.6 is 15.2 Å². The molecule has 104 valence electrons. The standard InChI is InChI=1S/C8H21NO6P2.2K/c1-2-3-4-5-6-9(7-16(10,11)12)8-17(13,14)15;;/h2-8H2,1H3,(H2,10,11,12)(H2,13,14,15);;/q;2*+1/p-4. The van der Waals surface area contributed by atoms with Crippen LogP contribution < -0.4 is 122 Å². The Morgan fingerprint density at radius 1 is 0.842 bits per heavy atom. The molecule has 0 aromatic rings. The van der Waals surface area contributed by atoms with Crippen LogP contribution in [0.1, 0.15) is 32.6 Å². The van der Waals surface area contributed by atoms with E-state index in [4.69, 9.17) is 0 Å². The molecule has 7 nitrogen and oxygen atoms in total. The second-order valence-corrected chi connectivity index (χ2v) is 6.97. The quantitative estimate of drug-likeness (QED) is 0.226. The summed E-state index contributed by atoms with van der Waals surface area (Å²) in [6.45, 7) is 2.12. The summed E-state index contributed by atoms with van der Waals surface area (Å²) >= 11 is 0. The molecule has 0 atom stereocenters.